The Hall–Kier alpha value is -2.33. The number of carbonyl (C=O) groups is 1. The molecule has 0 bridgehead atoms. The normalized spacial score (nSPS) is 11.8. The third-order valence-electron chi connectivity index (χ3n) is 2.39. The molecule has 2 rings (SSSR count). The number of carbonyl (C=O) groups excluding carboxylic acids is 1. The van der Waals surface area contributed by atoms with Crippen molar-refractivity contribution in [1.29, 1.82) is 0 Å². The predicted molar refractivity (Wildman–Crippen MR) is 80.2 cm³/mol. The van der Waals surface area contributed by atoms with E-state index >= 15 is 0 Å². The van der Waals surface area contributed by atoms with Gasteiger partial charge in [-0.2, -0.15) is 0 Å². The molecule has 5 heteroatoms. The lowest BCUT2D eigenvalue weighted by Crippen LogP contribution is -2.05. The number of hydrogen-bond acceptors (Lipinski definition) is 3. The molecule has 0 spiro atoms. The highest BCUT2D eigenvalue weighted by atomic mass is 35.5. The van der Waals surface area contributed by atoms with Gasteiger partial charge in [-0.25, -0.2) is 4.99 Å². The van der Waals surface area contributed by atoms with E-state index in [2.05, 4.69) is 15.2 Å². The van der Waals surface area contributed by atoms with Crippen molar-refractivity contribution in [3.8, 4) is 0 Å². The van der Waals surface area contributed by atoms with Crippen molar-refractivity contribution in [3.63, 3.8) is 0 Å². The number of azo groups is 1. The number of halogens is 1. The highest BCUT2D eigenvalue weighted by Crippen LogP contribution is 2.17. The van der Waals surface area contributed by atoms with Crippen LogP contribution in [-0.2, 0) is 4.79 Å². The van der Waals surface area contributed by atoms with Crippen LogP contribution < -0.4 is 0 Å². The second-order valence-corrected chi connectivity index (χ2v) is 4.44. The Balaban J connectivity index is 2.25. The van der Waals surface area contributed by atoms with Crippen LogP contribution in [0.4, 0.5) is 11.4 Å². The molecule has 0 radical (unpaired) electrons. The Morgan fingerprint density at radius 2 is 1.60 bits per heavy atom. The Labute approximate surface area is 121 Å². The first-order valence-electron chi connectivity index (χ1n) is 5.97. The fraction of sp³-hybridized carbons (Fsp3) is 0.0667. The van der Waals surface area contributed by atoms with E-state index < -0.39 is 0 Å². The van der Waals surface area contributed by atoms with Crippen LogP contribution >= 0.6 is 11.6 Å². The fourth-order valence-electron chi connectivity index (χ4n) is 1.41. The molecular formula is C15H12ClN3O. The van der Waals surface area contributed by atoms with Crippen molar-refractivity contribution in [2.24, 2.45) is 15.2 Å². The van der Waals surface area contributed by atoms with Crippen LogP contribution in [0.3, 0.4) is 0 Å². The van der Waals surface area contributed by atoms with Crippen LogP contribution in [0.5, 0.6) is 0 Å². The lowest BCUT2D eigenvalue weighted by Gasteiger charge is -1.97. The number of benzene rings is 2. The summed E-state index contributed by atoms with van der Waals surface area (Å²) in [4.78, 5) is 15.7. The minimum absolute atomic E-state index is 0.0520. The van der Waals surface area contributed by atoms with Gasteiger partial charge >= 0.3 is 0 Å². The third kappa shape index (κ3) is 4.10. The molecule has 0 aliphatic rings. The predicted octanol–water partition coefficient (Wildman–Crippen LogP) is 4.74. The van der Waals surface area contributed by atoms with Gasteiger partial charge in [0, 0.05) is 11.9 Å². The van der Waals surface area contributed by atoms with Crippen LogP contribution in [0.2, 0.25) is 5.02 Å². The summed E-state index contributed by atoms with van der Waals surface area (Å²) in [6.07, 6.45) is 0. The second-order valence-electron chi connectivity index (χ2n) is 4.00. The van der Waals surface area contributed by atoms with Gasteiger partial charge in [-0.1, -0.05) is 29.8 Å². The van der Waals surface area contributed by atoms with Gasteiger partial charge in [0.1, 0.15) is 0 Å². The maximum Gasteiger partial charge on any atom is 0.218 e. The topological polar surface area (TPSA) is 54.1 Å². The van der Waals surface area contributed by atoms with Gasteiger partial charge in [0.05, 0.1) is 11.4 Å². The quantitative estimate of drug-likeness (QED) is 0.456. The van der Waals surface area contributed by atoms with E-state index in [1.54, 1.807) is 36.4 Å². The molecule has 4 nitrogen and oxygen atoms in total. The smallest absolute Gasteiger partial charge is 0.218 e. The standard InChI is InChI=1S/C15H12ClN3O/c1-11(20)15(17-13-9-7-12(16)8-10-13)19-18-14-5-3-2-4-6-14/h2-10H,1H3. The van der Waals surface area contributed by atoms with E-state index in [1.807, 2.05) is 18.2 Å². The molecule has 0 heterocycles. The molecule has 2 aromatic rings. The number of Topliss-reactive ketones (excluding diaryl/α,β-unsaturated/α-hetero) is 1. The lowest BCUT2D eigenvalue weighted by molar-refractivity contribution is -0.111. The zero-order valence-electron chi connectivity index (χ0n) is 10.8. The highest BCUT2D eigenvalue weighted by Gasteiger charge is 2.05. The number of rotatable bonds is 3. The Kier molecular flexibility index (Phi) is 4.74. The maximum absolute atomic E-state index is 11.5. The number of aliphatic imine (C=N–C) groups is 1. The lowest BCUT2D eigenvalue weighted by atomic mass is 10.3. The number of ketones is 1. The largest absolute Gasteiger partial charge is 0.291 e. The second kappa shape index (κ2) is 6.73. The number of nitrogens with zero attached hydrogens (tertiary/aromatic N) is 3. The first-order valence-corrected chi connectivity index (χ1v) is 6.35. The summed E-state index contributed by atoms with van der Waals surface area (Å²) in [5.74, 6) is -0.198. The van der Waals surface area contributed by atoms with E-state index in [0.29, 0.717) is 16.4 Å². The summed E-state index contributed by atoms with van der Waals surface area (Å²) in [5, 5.41) is 8.50. The fourth-order valence-corrected chi connectivity index (χ4v) is 1.54. The van der Waals surface area contributed by atoms with Crippen LogP contribution in [0, 0.1) is 0 Å². The van der Waals surface area contributed by atoms with Crippen molar-refractivity contribution in [1.82, 2.24) is 0 Å². The Bertz CT molecular complexity index is 649. The van der Waals surface area contributed by atoms with Crippen LogP contribution in [0.1, 0.15) is 6.92 Å². The monoisotopic (exact) mass is 285 g/mol. The molecule has 0 aliphatic carbocycles. The SMILES string of the molecule is CC(=O)C(N=Nc1ccccc1)=Nc1ccc(Cl)cc1. The van der Waals surface area contributed by atoms with E-state index in [1.165, 1.54) is 6.92 Å². The molecule has 0 unspecified atom stereocenters. The van der Waals surface area contributed by atoms with Crippen LogP contribution in [0.25, 0.3) is 0 Å². The number of amidine groups is 1. The van der Waals surface area contributed by atoms with E-state index in [-0.39, 0.29) is 11.6 Å². The van der Waals surface area contributed by atoms with Gasteiger partial charge in [-0.3, -0.25) is 4.79 Å². The molecule has 0 saturated carbocycles. The highest BCUT2D eigenvalue weighted by molar-refractivity contribution is 6.38. The molecule has 0 aliphatic heterocycles. The summed E-state index contributed by atoms with van der Waals surface area (Å²) in [6.45, 7) is 1.40. The molecule has 0 saturated heterocycles. The maximum atomic E-state index is 11.5. The van der Waals surface area contributed by atoms with Crippen molar-refractivity contribution in [2.75, 3.05) is 0 Å². The van der Waals surface area contributed by atoms with Crippen molar-refractivity contribution < 1.29 is 4.79 Å². The Morgan fingerprint density at radius 1 is 0.950 bits per heavy atom. The molecule has 0 aromatic heterocycles. The summed E-state index contributed by atoms with van der Waals surface area (Å²) >= 11 is 5.79. The molecule has 20 heavy (non-hydrogen) atoms. The van der Waals surface area contributed by atoms with Crippen molar-refractivity contribution in [2.45, 2.75) is 6.92 Å². The summed E-state index contributed by atoms with van der Waals surface area (Å²) in [5.41, 5.74) is 1.27. The average molecular weight is 286 g/mol. The molecule has 100 valence electrons. The summed E-state index contributed by atoms with van der Waals surface area (Å²) in [6, 6.07) is 16.0. The minimum Gasteiger partial charge on any atom is -0.291 e. The minimum atomic E-state index is -0.250. The zero-order chi connectivity index (χ0) is 14.4. The summed E-state index contributed by atoms with van der Waals surface area (Å²) < 4.78 is 0. The molecule has 0 atom stereocenters. The van der Waals surface area contributed by atoms with Gasteiger partial charge in [-0.05, 0) is 36.4 Å². The van der Waals surface area contributed by atoms with Crippen molar-refractivity contribution in [3.05, 3.63) is 59.6 Å². The number of hydrogen-bond donors (Lipinski definition) is 0. The molecule has 2 aromatic carbocycles. The molecular weight excluding hydrogens is 274 g/mol. The molecule has 0 fully saturated rings. The van der Waals surface area contributed by atoms with Gasteiger partial charge in [-0.15, -0.1) is 10.2 Å². The van der Waals surface area contributed by atoms with Crippen molar-refractivity contribution >= 4 is 34.6 Å². The summed E-state index contributed by atoms with van der Waals surface area (Å²) in [7, 11) is 0. The Morgan fingerprint density at radius 3 is 2.20 bits per heavy atom. The average Bonchev–Trinajstić information content (AvgIpc) is 2.46. The van der Waals surface area contributed by atoms with E-state index in [9.17, 15) is 4.79 Å². The van der Waals surface area contributed by atoms with Gasteiger partial charge < -0.3 is 0 Å². The first-order chi connectivity index (χ1) is 9.65. The molecule has 0 amide bonds. The van der Waals surface area contributed by atoms with Gasteiger partial charge in [0.2, 0.25) is 5.84 Å². The van der Waals surface area contributed by atoms with E-state index in [0.717, 1.165) is 0 Å². The van der Waals surface area contributed by atoms with Gasteiger partial charge in [0.25, 0.3) is 0 Å². The van der Waals surface area contributed by atoms with Crippen LogP contribution in [0.15, 0.2) is 69.8 Å². The molecule has 0 N–H and O–H groups in total. The van der Waals surface area contributed by atoms with Crippen LogP contribution in [-0.4, -0.2) is 11.6 Å². The first kappa shape index (κ1) is 14.1. The van der Waals surface area contributed by atoms with Gasteiger partial charge in [0.15, 0.2) is 5.78 Å². The third-order valence-corrected chi connectivity index (χ3v) is 2.64. The zero-order valence-corrected chi connectivity index (χ0v) is 11.6. The van der Waals surface area contributed by atoms with E-state index in [4.69, 9.17) is 11.6 Å².